The van der Waals surface area contributed by atoms with Gasteiger partial charge in [0.2, 0.25) is 0 Å². The summed E-state index contributed by atoms with van der Waals surface area (Å²) < 4.78 is 9.80. The fraction of sp³-hybridized carbons (Fsp3) is 0.103. The van der Waals surface area contributed by atoms with Crippen LogP contribution in [0, 0.1) is 6.92 Å². The lowest BCUT2D eigenvalue weighted by Crippen LogP contribution is -2.46. The maximum atomic E-state index is 13.9. The van der Waals surface area contributed by atoms with Crippen molar-refractivity contribution in [3.8, 4) is 5.75 Å². The van der Waals surface area contributed by atoms with Gasteiger partial charge >= 0.3 is 6.16 Å². The largest absolute Gasteiger partial charge is 0.513 e. The first-order valence-corrected chi connectivity index (χ1v) is 11.0. The molecule has 5 rings (SSSR count). The highest BCUT2D eigenvalue weighted by Crippen LogP contribution is 2.51. The molecule has 0 radical (unpaired) electrons. The number of fused-ring (bicyclic) bond motifs is 1. The van der Waals surface area contributed by atoms with Gasteiger partial charge in [0.1, 0.15) is 11.3 Å². The average molecular weight is 450 g/mol. The molecule has 0 aliphatic carbocycles. The minimum atomic E-state index is -0.910. The third-order valence-electron chi connectivity index (χ3n) is 6.21. The normalized spacial score (nSPS) is 16.8. The Hall–Kier alpha value is -4.38. The van der Waals surface area contributed by atoms with Crippen molar-refractivity contribution in [2.24, 2.45) is 0 Å². The third-order valence-corrected chi connectivity index (χ3v) is 6.21. The summed E-state index contributed by atoms with van der Waals surface area (Å²) in [6.07, 6.45) is -0.784. The van der Waals surface area contributed by atoms with Crippen LogP contribution in [-0.2, 0) is 10.3 Å². The molecule has 1 amide bonds. The number of carbonyl (C=O) groups is 2. The molecule has 1 heterocycles. The van der Waals surface area contributed by atoms with Gasteiger partial charge in [0.05, 0.1) is 7.11 Å². The van der Waals surface area contributed by atoms with Crippen LogP contribution in [0.3, 0.4) is 0 Å². The summed E-state index contributed by atoms with van der Waals surface area (Å²) >= 11 is 0. The lowest BCUT2D eigenvalue weighted by Gasteiger charge is -2.40. The highest BCUT2D eigenvalue weighted by Gasteiger charge is 2.52. The molecule has 0 fully saturated rings. The number of aryl methyl sites for hydroxylation is 1. The van der Waals surface area contributed by atoms with Crippen molar-refractivity contribution in [1.82, 2.24) is 0 Å². The Morgan fingerprint density at radius 3 is 2.00 bits per heavy atom. The summed E-state index contributed by atoms with van der Waals surface area (Å²) in [6.45, 7) is 2.04. The molecule has 1 aliphatic rings. The SMILES string of the molecule is COC(=O)Oc1ccc(C2(c3ccc(C)cc3)c3ccccc3C(=O)N2c2ccccc2)cc1. The zero-order chi connectivity index (χ0) is 23.7. The number of benzene rings is 4. The Morgan fingerprint density at radius 2 is 1.35 bits per heavy atom. The summed E-state index contributed by atoms with van der Waals surface area (Å²) in [6, 6.07) is 32.9. The molecule has 4 aromatic rings. The highest BCUT2D eigenvalue weighted by molar-refractivity contribution is 6.13. The number of hydrogen-bond donors (Lipinski definition) is 0. The third kappa shape index (κ3) is 3.33. The first-order chi connectivity index (χ1) is 16.6. The molecule has 4 aromatic carbocycles. The number of para-hydroxylation sites is 1. The van der Waals surface area contributed by atoms with E-state index >= 15 is 0 Å². The Morgan fingerprint density at radius 1 is 0.765 bits per heavy atom. The number of carbonyl (C=O) groups excluding carboxylic acids is 2. The van der Waals surface area contributed by atoms with E-state index < -0.39 is 11.7 Å². The smallest absolute Gasteiger partial charge is 0.437 e. The number of anilines is 1. The predicted molar refractivity (Wildman–Crippen MR) is 130 cm³/mol. The first kappa shape index (κ1) is 21.5. The van der Waals surface area contributed by atoms with Gasteiger partial charge in [-0.25, -0.2) is 4.79 Å². The second kappa shape index (κ2) is 8.52. The molecule has 0 bridgehead atoms. The van der Waals surface area contributed by atoms with E-state index in [9.17, 15) is 9.59 Å². The van der Waals surface area contributed by atoms with E-state index in [1.165, 1.54) is 7.11 Å². The van der Waals surface area contributed by atoms with Crippen LogP contribution in [0.2, 0.25) is 0 Å². The van der Waals surface area contributed by atoms with E-state index in [1.54, 1.807) is 12.1 Å². The Balaban J connectivity index is 1.80. The molecule has 168 valence electrons. The summed E-state index contributed by atoms with van der Waals surface area (Å²) in [5.41, 5.74) is 4.39. The summed E-state index contributed by atoms with van der Waals surface area (Å²) in [7, 11) is 1.27. The number of ether oxygens (including phenoxy) is 2. The number of hydrogen-bond acceptors (Lipinski definition) is 4. The molecule has 0 N–H and O–H groups in total. The monoisotopic (exact) mass is 449 g/mol. The molecule has 1 aliphatic heterocycles. The second-order valence-electron chi connectivity index (χ2n) is 8.18. The lowest BCUT2D eigenvalue weighted by molar-refractivity contribution is 0.0986. The van der Waals surface area contributed by atoms with Gasteiger partial charge in [0, 0.05) is 11.3 Å². The van der Waals surface area contributed by atoms with Crippen molar-refractivity contribution in [2.45, 2.75) is 12.5 Å². The molecule has 0 saturated carbocycles. The summed E-state index contributed by atoms with van der Waals surface area (Å²) in [5.74, 6) is 0.288. The van der Waals surface area contributed by atoms with Crippen molar-refractivity contribution < 1.29 is 19.1 Å². The molecule has 0 saturated heterocycles. The zero-order valence-electron chi connectivity index (χ0n) is 18.9. The number of nitrogens with zero attached hydrogens (tertiary/aromatic N) is 1. The number of amides is 1. The van der Waals surface area contributed by atoms with Gasteiger partial charge in [0.15, 0.2) is 0 Å². The van der Waals surface area contributed by atoms with Crippen LogP contribution in [0.1, 0.15) is 32.6 Å². The van der Waals surface area contributed by atoms with Crippen molar-refractivity contribution in [2.75, 3.05) is 12.0 Å². The van der Waals surface area contributed by atoms with Crippen LogP contribution in [0.15, 0.2) is 103 Å². The van der Waals surface area contributed by atoms with Crippen molar-refractivity contribution in [1.29, 1.82) is 0 Å². The maximum Gasteiger partial charge on any atom is 0.513 e. The minimum Gasteiger partial charge on any atom is -0.437 e. The topological polar surface area (TPSA) is 55.8 Å². The Bertz CT molecular complexity index is 1350. The lowest BCUT2D eigenvalue weighted by atomic mass is 9.76. The average Bonchev–Trinajstić information content (AvgIpc) is 3.15. The Labute approximate surface area is 198 Å². The fourth-order valence-corrected chi connectivity index (χ4v) is 4.70. The zero-order valence-corrected chi connectivity index (χ0v) is 18.9. The fourth-order valence-electron chi connectivity index (χ4n) is 4.70. The molecule has 0 aromatic heterocycles. The van der Waals surface area contributed by atoms with Crippen LogP contribution < -0.4 is 9.64 Å². The molecular formula is C29H23NO4. The van der Waals surface area contributed by atoms with Crippen LogP contribution in [0.4, 0.5) is 10.5 Å². The van der Waals surface area contributed by atoms with Crippen molar-refractivity contribution in [3.05, 3.63) is 131 Å². The van der Waals surface area contributed by atoms with Crippen molar-refractivity contribution >= 4 is 17.7 Å². The minimum absolute atomic E-state index is 0.0720. The van der Waals surface area contributed by atoms with E-state index in [0.29, 0.717) is 11.3 Å². The van der Waals surface area contributed by atoms with Gasteiger partial charge in [-0.1, -0.05) is 78.4 Å². The van der Waals surface area contributed by atoms with Crippen LogP contribution in [0.25, 0.3) is 0 Å². The first-order valence-electron chi connectivity index (χ1n) is 11.0. The second-order valence-corrected chi connectivity index (χ2v) is 8.18. The van der Waals surface area contributed by atoms with Crippen LogP contribution >= 0.6 is 0 Å². The summed E-state index contributed by atoms with van der Waals surface area (Å²) in [5, 5.41) is 0. The predicted octanol–water partition coefficient (Wildman–Crippen LogP) is 6.09. The molecule has 1 atom stereocenters. The Kier molecular flexibility index (Phi) is 5.38. The van der Waals surface area contributed by atoms with Crippen LogP contribution in [-0.4, -0.2) is 19.2 Å². The van der Waals surface area contributed by atoms with Crippen molar-refractivity contribution in [3.63, 3.8) is 0 Å². The standard InChI is InChI=1S/C29H23NO4/c1-20-12-14-21(15-13-20)29(22-16-18-24(19-17-22)34-28(32)33-2)26-11-7-6-10-25(26)27(31)30(29)23-8-4-3-5-9-23/h3-19H,1-2H3. The van der Waals surface area contributed by atoms with Gasteiger partial charge in [-0.2, -0.15) is 0 Å². The van der Waals surface area contributed by atoms with Gasteiger partial charge in [-0.15, -0.1) is 0 Å². The van der Waals surface area contributed by atoms with Gasteiger partial charge in [0.25, 0.3) is 5.91 Å². The maximum absolute atomic E-state index is 13.9. The van der Waals surface area contributed by atoms with E-state index in [2.05, 4.69) is 29.0 Å². The van der Waals surface area contributed by atoms with E-state index in [1.807, 2.05) is 78.6 Å². The molecule has 0 spiro atoms. The molecule has 1 unspecified atom stereocenters. The molecule has 5 heteroatoms. The van der Waals surface area contributed by atoms with E-state index in [-0.39, 0.29) is 5.91 Å². The van der Waals surface area contributed by atoms with E-state index in [0.717, 1.165) is 27.9 Å². The quantitative estimate of drug-likeness (QED) is 0.279. The van der Waals surface area contributed by atoms with E-state index in [4.69, 9.17) is 4.74 Å². The van der Waals surface area contributed by atoms with Crippen LogP contribution in [0.5, 0.6) is 5.75 Å². The molecular weight excluding hydrogens is 426 g/mol. The van der Waals surface area contributed by atoms with Gasteiger partial charge in [-0.05, 0) is 53.9 Å². The highest BCUT2D eigenvalue weighted by atomic mass is 16.7. The molecule has 5 nitrogen and oxygen atoms in total. The summed E-state index contributed by atoms with van der Waals surface area (Å²) in [4.78, 5) is 27.4. The van der Waals surface area contributed by atoms with Gasteiger partial charge in [-0.3, -0.25) is 9.69 Å². The number of methoxy groups -OCH3 is 1. The van der Waals surface area contributed by atoms with Gasteiger partial charge < -0.3 is 9.47 Å². The number of rotatable bonds is 4. The molecule has 34 heavy (non-hydrogen) atoms.